The number of anilines is 1. The number of hydrogen-bond acceptors (Lipinski definition) is 6. The van der Waals surface area contributed by atoms with Crippen molar-refractivity contribution in [3.63, 3.8) is 0 Å². The fourth-order valence-electron chi connectivity index (χ4n) is 2.41. The molecule has 0 unspecified atom stereocenters. The second-order valence-corrected chi connectivity index (χ2v) is 6.98. The molecular weight excluding hydrogens is 374 g/mol. The first kappa shape index (κ1) is 18.0. The van der Waals surface area contributed by atoms with E-state index in [0.29, 0.717) is 10.7 Å². The molecule has 2 aromatic carbocycles. The van der Waals surface area contributed by atoms with Gasteiger partial charge in [0.2, 0.25) is 0 Å². The van der Waals surface area contributed by atoms with E-state index in [-0.39, 0.29) is 27.2 Å². The fourth-order valence-corrected chi connectivity index (χ4v) is 3.71. The molecule has 0 radical (unpaired) electrons. The minimum absolute atomic E-state index is 0.283. The number of carbonyl (C=O) groups excluding carboxylic acids is 1. The molecule has 1 heterocycles. The summed E-state index contributed by atoms with van der Waals surface area (Å²) in [6, 6.07) is 11.1. The summed E-state index contributed by atoms with van der Waals surface area (Å²) < 4.78 is 5.45. The van der Waals surface area contributed by atoms with Gasteiger partial charge in [-0.25, -0.2) is 4.79 Å². The van der Waals surface area contributed by atoms with Crippen molar-refractivity contribution in [3.05, 3.63) is 58.5 Å². The topological polar surface area (TPSA) is 87.1 Å². The summed E-state index contributed by atoms with van der Waals surface area (Å²) >= 11 is 6.40. The van der Waals surface area contributed by atoms with E-state index >= 15 is 0 Å². The SMILES string of the molecule is COc1cccc(C=C2SC(=S)N(c3ccc(O)c(C(=O)O)c3)C2=O)c1. The molecule has 1 amide bonds. The number of amides is 1. The largest absolute Gasteiger partial charge is 0.507 e. The number of phenols is 1. The number of rotatable bonds is 4. The van der Waals surface area contributed by atoms with Crippen molar-refractivity contribution in [2.75, 3.05) is 12.0 Å². The normalized spacial score (nSPS) is 15.6. The Labute approximate surface area is 158 Å². The Morgan fingerprint density at radius 2 is 2.04 bits per heavy atom. The molecule has 1 saturated heterocycles. The number of benzene rings is 2. The maximum absolute atomic E-state index is 12.7. The van der Waals surface area contributed by atoms with Crippen LogP contribution in [0.15, 0.2) is 47.4 Å². The van der Waals surface area contributed by atoms with Gasteiger partial charge in [-0.05, 0) is 42.0 Å². The third kappa shape index (κ3) is 3.42. The Hall–Kier alpha value is -2.84. The van der Waals surface area contributed by atoms with E-state index in [1.165, 1.54) is 23.1 Å². The number of thiocarbonyl (C=S) groups is 1. The summed E-state index contributed by atoms with van der Waals surface area (Å²) in [4.78, 5) is 25.6. The Morgan fingerprint density at radius 3 is 2.73 bits per heavy atom. The van der Waals surface area contributed by atoms with Crippen molar-refractivity contribution in [2.45, 2.75) is 0 Å². The van der Waals surface area contributed by atoms with Gasteiger partial charge in [0.15, 0.2) is 4.32 Å². The minimum Gasteiger partial charge on any atom is -0.507 e. The van der Waals surface area contributed by atoms with E-state index < -0.39 is 5.97 Å². The molecule has 3 rings (SSSR count). The predicted molar refractivity (Wildman–Crippen MR) is 104 cm³/mol. The third-order valence-electron chi connectivity index (χ3n) is 3.65. The van der Waals surface area contributed by atoms with Crippen molar-refractivity contribution in [1.82, 2.24) is 0 Å². The number of methoxy groups -OCH3 is 1. The van der Waals surface area contributed by atoms with Crippen LogP contribution in [0.3, 0.4) is 0 Å². The van der Waals surface area contributed by atoms with Crippen molar-refractivity contribution >= 4 is 51.9 Å². The summed E-state index contributed by atoms with van der Waals surface area (Å²) in [6.07, 6.45) is 1.69. The zero-order valence-electron chi connectivity index (χ0n) is 13.5. The lowest BCUT2D eigenvalue weighted by Gasteiger charge is -2.15. The summed E-state index contributed by atoms with van der Waals surface area (Å²) in [6.45, 7) is 0. The molecule has 0 bridgehead atoms. The average molecular weight is 387 g/mol. The predicted octanol–water partition coefficient (Wildman–Crippen LogP) is 3.50. The number of nitrogens with zero attached hydrogens (tertiary/aromatic N) is 1. The molecule has 132 valence electrons. The van der Waals surface area contributed by atoms with Crippen LogP contribution in [0.25, 0.3) is 6.08 Å². The lowest BCUT2D eigenvalue weighted by molar-refractivity contribution is -0.113. The van der Waals surface area contributed by atoms with Gasteiger partial charge in [-0.2, -0.15) is 0 Å². The number of aromatic hydroxyl groups is 1. The highest BCUT2D eigenvalue weighted by atomic mass is 32.2. The van der Waals surface area contributed by atoms with Crippen LogP contribution in [0.2, 0.25) is 0 Å². The van der Waals surface area contributed by atoms with Crippen molar-refractivity contribution in [3.8, 4) is 11.5 Å². The zero-order valence-corrected chi connectivity index (χ0v) is 15.1. The smallest absolute Gasteiger partial charge is 0.339 e. The van der Waals surface area contributed by atoms with Gasteiger partial charge in [-0.15, -0.1) is 0 Å². The monoisotopic (exact) mass is 387 g/mol. The molecule has 8 heteroatoms. The van der Waals surface area contributed by atoms with Crippen molar-refractivity contribution in [1.29, 1.82) is 0 Å². The van der Waals surface area contributed by atoms with Crippen molar-refractivity contribution in [2.24, 2.45) is 0 Å². The van der Waals surface area contributed by atoms with Crippen LogP contribution in [0.1, 0.15) is 15.9 Å². The summed E-state index contributed by atoms with van der Waals surface area (Å²) in [5.41, 5.74) is 0.770. The molecule has 1 fully saturated rings. The fraction of sp³-hybridized carbons (Fsp3) is 0.0556. The Kier molecular flexibility index (Phi) is 4.97. The quantitative estimate of drug-likeness (QED) is 0.613. The lowest BCUT2D eigenvalue weighted by atomic mass is 10.1. The highest BCUT2D eigenvalue weighted by Gasteiger charge is 2.34. The van der Waals surface area contributed by atoms with E-state index in [1.54, 1.807) is 25.3 Å². The van der Waals surface area contributed by atoms with E-state index in [9.17, 15) is 14.7 Å². The molecule has 2 N–H and O–H groups in total. The first-order valence-electron chi connectivity index (χ1n) is 7.39. The van der Waals surface area contributed by atoms with Crippen LogP contribution in [-0.2, 0) is 4.79 Å². The van der Waals surface area contributed by atoms with Crippen LogP contribution in [0, 0.1) is 0 Å². The Bertz CT molecular complexity index is 954. The van der Waals surface area contributed by atoms with Gasteiger partial charge in [-0.1, -0.05) is 36.1 Å². The van der Waals surface area contributed by atoms with E-state index in [1.807, 2.05) is 12.1 Å². The summed E-state index contributed by atoms with van der Waals surface area (Å²) in [7, 11) is 1.56. The van der Waals surface area contributed by atoms with Gasteiger partial charge < -0.3 is 14.9 Å². The molecule has 26 heavy (non-hydrogen) atoms. The van der Waals surface area contributed by atoms with Gasteiger partial charge in [0.25, 0.3) is 5.91 Å². The van der Waals surface area contributed by atoms with Crippen LogP contribution >= 0.6 is 24.0 Å². The van der Waals surface area contributed by atoms with Gasteiger partial charge in [0.05, 0.1) is 17.7 Å². The van der Waals surface area contributed by atoms with Crippen LogP contribution in [0.4, 0.5) is 5.69 Å². The number of hydrogen-bond donors (Lipinski definition) is 2. The molecule has 1 aliphatic heterocycles. The van der Waals surface area contributed by atoms with Crippen molar-refractivity contribution < 1.29 is 24.5 Å². The summed E-state index contributed by atoms with van der Waals surface area (Å²) in [5, 5.41) is 18.8. The standard InChI is InChI=1S/C18H13NO5S2/c1-24-12-4-2-3-10(7-12)8-15-16(21)19(18(25)26-15)11-5-6-14(20)13(9-11)17(22)23/h2-9,20H,1H3,(H,22,23). The molecule has 0 aromatic heterocycles. The van der Waals surface area contributed by atoms with Gasteiger partial charge in [0.1, 0.15) is 17.1 Å². The van der Waals surface area contributed by atoms with Gasteiger partial charge in [0, 0.05) is 0 Å². The molecule has 6 nitrogen and oxygen atoms in total. The maximum Gasteiger partial charge on any atom is 0.339 e. The minimum atomic E-state index is -1.29. The molecule has 0 aliphatic carbocycles. The summed E-state index contributed by atoms with van der Waals surface area (Å²) in [5.74, 6) is -1.36. The molecule has 0 atom stereocenters. The third-order valence-corrected chi connectivity index (χ3v) is 4.96. The van der Waals surface area contributed by atoms with Crippen LogP contribution < -0.4 is 9.64 Å². The number of aromatic carboxylic acids is 1. The number of carboxylic acid groups (broad SMARTS) is 1. The number of ether oxygens (including phenoxy) is 1. The average Bonchev–Trinajstić information content (AvgIpc) is 2.89. The number of thioether (sulfide) groups is 1. The highest BCUT2D eigenvalue weighted by Crippen LogP contribution is 2.37. The van der Waals surface area contributed by atoms with E-state index in [2.05, 4.69) is 0 Å². The van der Waals surface area contributed by atoms with Gasteiger partial charge >= 0.3 is 5.97 Å². The maximum atomic E-state index is 12.7. The molecular formula is C18H13NO5S2. The Morgan fingerprint density at radius 1 is 1.27 bits per heavy atom. The molecule has 2 aromatic rings. The Balaban J connectivity index is 1.95. The molecule has 1 aliphatic rings. The molecule has 0 saturated carbocycles. The second-order valence-electron chi connectivity index (χ2n) is 5.30. The number of carbonyl (C=O) groups is 2. The van der Waals surface area contributed by atoms with Crippen LogP contribution in [0.5, 0.6) is 11.5 Å². The number of carboxylic acids is 1. The van der Waals surface area contributed by atoms with Gasteiger partial charge in [-0.3, -0.25) is 9.69 Å². The second kappa shape index (κ2) is 7.19. The van der Waals surface area contributed by atoms with E-state index in [4.69, 9.17) is 22.1 Å². The first-order valence-corrected chi connectivity index (χ1v) is 8.61. The first-order chi connectivity index (χ1) is 12.4. The van der Waals surface area contributed by atoms with E-state index in [0.717, 1.165) is 17.3 Å². The lowest BCUT2D eigenvalue weighted by Crippen LogP contribution is -2.27. The van der Waals surface area contributed by atoms with Crippen LogP contribution in [-0.4, -0.2) is 33.5 Å². The molecule has 0 spiro atoms. The zero-order chi connectivity index (χ0) is 18.8. The highest BCUT2D eigenvalue weighted by molar-refractivity contribution is 8.27.